The fourth-order valence-electron chi connectivity index (χ4n) is 2.75. The van der Waals surface area contributed by atoms with Crippen molar-refractivity contribution in [1.29, 1.82) is 0 Å². The maximum absolute atomic E-state index is 12.6. The maximum Gasteiger partial charge on any atom is 0.341 e. The lowest BCUT2D eigenvalue weighted by Crippen LogP contribution is -2.21. The standard InChI is InChI=1S/C21H21NO5S2/c1-4-26-21(24)19-18(16-9-6-10-28-16)13(2)29-20(19)22-17(23)12-27-15-8-5-7-14(11-15)25-3/h5-11H,4,12H2,1-3H3,(H,22,23). The molecule has 0 atom stereocenters. The Hall–Kier alpha value is -2.84. The quantitative estimate of drug-likeness (QED) is 0.509. The van der Waals surface area contributed by atoms with E-state index in [2.05, 4.69) is 5.32 Å². The minimum atomic E-state index is -0.454. The van der Waals surface area contributed by atoms with E-state index < -0.39 is 5.97 Å². The molecule has 1 N–H and O–H groups in total. The van der Waals surface area contributed by atoms with Crippen molar-refractivity contribution in [2.75, 3.05) is 25.6 Å². The summed E-state index contributed by atoms with van der Waals surface area (Å²) >= 11 is 2.88. The number of nitrogens with one attached hydrogen (secondary N) is 1. The van der Waals surface area contributed by atoms with Crippen LogP contribution in [0, 0.1) is 6.92 Å². The molecular weight excluding hydrogens is 410 g/mol. The van der Waals surface area contributed by atoms with Crippen LogP contribution in [0.3, 0.4) is 0 Å². The average Bonchev–Trinajstić information content (AvgIpc) is 3.34. The Bertz CT molecular complexity index is 995. The predicted molar refractivity (Wildman–Crippen MR) is 115 cm³/mol. The number of rotatable bonds is 8. The van der Waals surface area contributed by atoms with Gasteiger partial charge in [0.15, 0.2) is 6.61 Å². The lowest BCUT2D eigenvalue weighted by molar-refractivity contribution is -0.118. The van der Waals surface area contributed by atoms with E-state index >= 15 is 0 Å². The van der Waals surface area contributed by atoms with Gasteiger partial charge in [0.1, 0.15) is 22.1 Å². The van der Waals surface area contributed by atoms with Crippen LogP contribution in [0.5, 0.6) is 11.5 Å². The smallest absolute Gasteiger partial charge is 0.341 e. The molecule has 0 radical (unpaired) electrons. The van der Waals surface area contributed by atoms with Crippen LogP contribution in [0.25, 0.3) is 10.4 Å². The van der Waals surface area contributed by atoms with Crippen molar-refractivity contribution in [3.05, 3.63) is 52.2 Å². The fraction of sp³-hybridized carbons (Fsp3) is 0.238. The number of anilines is 1. The average molecular weight is 432 g/mol. The predicted octanol–water partition coefficient (Wildman–Crippen LogP) is 4.99. The van der Waals surface area contributed by atoms with Gasteiger partial charge in [-0.05, 0) is 37.4 Å². The van der Waals surface area contributed by atoms with Gasteiger partial charge in [0, 0.05) is 21.4 Å². The number of ether oxygens (including phenoxy) is 3. The zero-order chi connectivity index (χ0) is 20.8. The number of aryl methyl sites for hydroxylation is 1. The molecule has 152 valence electrons. The molecule has 29 heavy (non-hydrogen) atoms. The highest BCUT2D eigenvalue weighted by Crippen LogP contribution is 2.42. The molecule has 3 aromatic rings. The maximum atomic E-state index is 12.6. The minimum absolute atomic E-state index is 0.194. The SMILES string of the molecule is CCOC(=O)c1c(NC(=O)COc2cccc(OC)c2)sc(C)c1-c1cccs1. The summed E-state index contributed by atoms with van der Waals surface area (Å²) in [7, 11) is 1.56. The zero-order valence-electron chi connectivity index (χ0n) is 16.3. The van der Waals surface area contributed by atoms with Crippen molar-refractivity contribution in [3.63, 3.8) is 0 Å². The molecule has 8 heteroatoms. The van der Waals surface area contributed by atoms with Crippen LogP contribution < -0.4 is 14.8 Å². The van der Waals surface area contributed by atoms with Crippen molar-refractivity contribution in [1.82, 2.24) is 0 Å². The molecule has 6 nitrogen and oxygen atoms in total. The minimum Gasteiger partial charge on any atom is -0.497 e. The van der Waals surface area contributed by atoms with Gasteiger partial charge in [-0.2, -0.15) is 0 Å². The molecule has 0 saturated carbocycles. The highest BCUT2D eigenvalue weighted by molar-refractivity contribution is 7.18. The Morgan fingerprint density at radius 1 is 1.14 bits per heavy atom. The number of methoxy groups -OCH3 is 1. The largest absolute Gasteiger partial charge is 0.497 e. The number of esters is 1. The first-order valence-electron chi connectivity index (χ1n) is 8.94. The summed E-state index contributed by atoms with van der Waals surface area (Å²) in [6, 6.07) is 10.9. The third-order valence-electron chi connectivity index (χ3n) is 4.00. The zero-order valence-corrected chi connectivity index (χ0v) is 17.9. The van der Waals surface area contributed by atoms with Crippen LogP contribution in [0.2, 0.25) is 0 Å². The molecule has 0 bridgehead atoms. The lowest BCUT2D eigenvalue weighted by atomic mass is 10.1. The van der Waals surface area contributed by atoms with E-state index in [0.29, 0.717) is 22.1 Å². The van der Waals surface area contributed by atoms with E-state index in [9.17, 15) is 9.59 Å². The fourth-order valence-corrected chi connectivity index (χ4v) is 4.72. The molecule has 0 saturated heterocycles. The van der Waals surface area contributed by atoms with Gasteiger partial charge in [0.05, 0.1) is 13.7 Å². The number of amides is 1. The van der Waals surface area contributed by atoms with Crippen molar-refractivity contribution in [3.8, 4) is 21.9 Å². The van der Waals surface area contributed by atoms with Crippen LogP contribution >= 0.6 is 22.7 Å². The number of thiophene rings is 2. The van der Waals surface area contributed by atoms with Gasteiger partial charge < -0.3 is 19.5 Å². The summed E-state index contributed by atoms with van der Waals surface area (Å²) in [5.41, 5.74) is 1.18. The third kappa shape index (κ3) is 4.96. The normalized spacial score (nSPS) is 10.4. The van der Waals surface area contributed by atoms with Gasteiger partial charge in [-0.1, -0.05) is 12.1 Å². The molecule has 0 aliphatic rings. The van der Waals surface area contributed by atoms with E-state index in [-0.39, 0.29) is 19.1 Å². The van der Waals surface area contributed by atoms with Crippen molar-refractivity contribution in [2.45, 2.75) is 13.8 Å². The third-order valence-corrected chi connectivity index (χ3v) is 5.90. The molecule has 0 spiro atoms. The van der Waals surface area contributed by atoms with Gasteiger partial charge in [-0.3, -0.25) is 4.79 Å². The molecule has 3 rings (SSSR count). The Labute approximate surface area is 177 Å². The van der Waals surface area contributed by atoms with Crippen LogP contribution in [-0.2, 0) is 9.53 Å². The van der Waals surface area contributed by atoms with E-state index in [1.807, 2.05) is 24.4 Å². The van der Waals surface area contributed by atoms with E-state index in [1.54, 1.807) is 38.3 Å². The molecular formula is C21H21NO5S2. The van der Waals surface area contributed by atoms with Crippen LogP contribution in [0.4, 0.5) is 5.00 Å². The van der Waals surface area contributed by atoms with Gasteiger partial charge in [-0.25, -0.2) is 4.79 Å². The van der Waals surface area contributed by atoms with Crippen LogP contribution in [0.1, 0.15) is 22.2 Å². The summed E-state index contributed by atoms with van der Waals surface area (Å²) in [6.07, 6.45) is 0. The van der Waals surface area contributed by atoms with Crippen molar-refractivity contribution < 1.29 is 23.8 Å². The van der Waals surface area contributed by atoms with E-state index in [0.717, 1.165) is 15.3 Å². The summed E-state index contributed by atoms with van der Waals surface area (Å²) in [6.45, 7) is 3.73. The molecule has 1 aromatic carbocycles. The molecule has 2 aromatic heterocycles. The van der Waals surface area contributed by atoms with Gasteiger partial charge >= 0.3 is 5.97 Å². The molecule has 2 heterocycles. The summed E-state index contributed by atoms with van der Waals surface area (Å²) in [5, 5.41) is 5.21. The number of carbonyl (C=O) groups excluding carboxylic acids is 2. The summed E-state index contributed by atoms with van der Waals surface area (Å²) in [5.74, 6) is 0.343. The first-order valence-corrected chi connectivity index (χ1v) is 10.6. The highest BCUT2D eigenvalue weighted by Gasteiger charge is 2.26. The Kier molecular flexibility index (Phi) is 6.90. The molecule has 1 amide bonds. The van der Waals surface area contributed by atoms with Crippen molar-refractivity contribution in [2.24, 2.45) is 0 Å². The summed E-state index contributed by atoms with van der Waals surface area (Å²) < 4.78 is 15.9. The van der Waals surface area contributed by atoms with Gasteiger partial charge in [0.25, 0.3) is 5.91 Å². The number of hydrogen-bond donors (Lipinski definition) is 1. The first kappa shape index (κ1) is 20.9. The van der Waals surface area contributed by atoms with Crippen molar-refractivity contribution >= 4 is 39.6 Å². The summed E-state index contributed by atoms with van der Waals surface area (Å²) in [4.78, 5) is 27.0. The molecule has 0 fully saturated rings. The van der Waals surface area contributed by atoms with Crippen LogP contribution in [-0.4, -0.2) is 32.2 Å². The second kappa shape index (κ2) is 9.58. The monoisotopic (exact) mass is 431 g/mol. The van der Waals surface area contributed by atoms with Gasteiger partial charge in [0.2, 0.25) is 0 Å². The second-order valence-corrected chi connectivity index (χ2v) is 8.12. The topological polar surface area (TPSA) is 73.9 Å². The number of benzene rings is 1. The van der Waals surface area contributed by atoms with E-state index in [4.69, 9.17) is 14.2 Å². The number of hydrogen-bond acceptors (Lipinski definition) is 7. The number of carbonyl (C=O) groups is 2. The Balaban J connectivity index is 1.79. The highest BCUT2D eigenvalue weighted by atomic mass is 32.1. The Morgan fingerprint density at radius 2 is 1.93 bits per heavy atom. The lowest BCUT2D eigenvalue weighted by Gasteiger charge is -2.10. The van der Waals surface area contributed by atoms with Crippen LogP contribution in [0.15, 0.2) is 41.8 Å². The molecule has 0 aliphatic carbocycles. The second-order valence-electron chi connectivity index (χ2n) is 5.95. The Morgan fingerprint density at radius 3 is 2.62 bits per heavy atom. The van der Waals surface area contributed by atoms with Gasteiger partial charge in [-0.15, -0.1) is 22.7 Å². The van der Waals surface area contributed by atoms with E-state index in [1.165, 1.54) is 22.7 Å². The first-order chi connectivity index (χ1) is 14.0. The molecule has 0 unspecified atom stereocenters. The molecule has 0 aliphatic heterocycles.